The number of halogens is 1. The summed E-state index contributed by atoms with van der Waals surface area (Å²) < 4.78 is 10.6. The van der Waals surface area contributed by atoms with Gasteiger partial charge in [-0.25, -0.2) is 4.79 Å². The molecule has 0 aliphatic heterocycles. The van der Waals surface area contributed by atoms with Crippen molar-refractivity contribution in [2.75, 3.05) is 19.5 Å². The first-order valence-electron chi connectivity index (χ1n) is 6.38. The molecule has 0 spiro atoms. The van der Waals surface area contributed by atoms with Crippen LogP contribution in [0.4, 0.5) is 5.69 Å². The summed E-state index contributed by atoms with van der Waals surface area (Å²) in [5, 5.41) is 2.73. The van der Waals surface area contributed by atoms with Crippen molar-refractivity contribution in [2.45, 2.75) is 0 Å². The molecule has 2 rings (SSSR count). The second-order valence-electron chi connectivity index (χ2n) is 4.37. The summed E-state index contributed by atoms with van der Waals surface area (Å²) in [5.74, 6) is -0.332. The van der Waals surface area contributed by atoms with Crippen molar-refractivity contribution in [2.24, 2.45) is 0 Å². The third-order valence-corrected chi connectivity index (χ3v) is 3.44. The Labute approximate surface area is 136 Å². The molecule has 0 heterocycles. The van der Waals surface area contributed by atoms with Crippen LogP contribution in [0.5, 0.6) is 5.75 Å². The molecule has 0 saturated heterocycles. The van der Waals surface area contributed by atoms with Gasteiger partial charge in [0.15, 0.2) is 0 Å². The molecule has 0 fully saturated rings. The van der Waals surface area contributed by atoms with Crippen LogP contribution in [-0.4, -0.2) is 26.1 Å². The predicted octanol–water partition coefficient (Wildman–Crippen LogP) is 3.50. The molecule has 5 nitrogen and oxygen atoms in total. The highest BCUT2D eigenvalue weighted by molar-refractivity contribution is 9.10. The van der Waals surface area contributed by atoms with Crippen molar-refractivity contribution in [3.05, 3.63) is 58.1 Å². The van der Waals surface area contributed by atoms with Crippen LogP contribution in [0.15, 0.2) is 46.9 Å². The van der Waals surface area contributed by atoms with E-state index in [1.807, 2.05) is 0 Å². The van der Waals surface area contributed by atoms with Gasteiger partial charge in [0.05, 0.1) is 25.3 Å². The van der Waals surface area contributed by atoms with E-state index in [-0.39, 0.29) is 5.91 Å². The number of hydrogen-bond donors (Lipinski definition) is 1. The number of amides is 1. The fraction of sp³-hybridized carbons (Fsp3) is 0.125. The summed E-state index contributed by atoms with van der Waals surface area (Å²) in [5.41, 5.74) is 1.25. The highest BCUT2D eigenvalue weighted by Gasteiger charge is 2.14. The number of benzene rings is 2. The van der Waals surface area contributed by atoms with Gasteiger partial charge in [0.1, 0.15) is 5.75 Å². The molecule has 6 heteroatoms. The Morgan fingerprint density at radius 2 is 1.86 bits per heavy atom. The number of rotatable bonds is 4. The van der Waals surface area contributed by atoms with Crippen molar-refractivity contribution >= 4 is 33.5 Å². The lowest BCUT2D eigenvalue weighted by molar-refractivity contribution is 0.0600. The highest BCUT2D eigenvalue weighted by atomic mass is 79.9. The maximum Gasteiger partial charge on any atom is 0.337 e. The second-order valence-corrected chi connectivity index (χ2v) is 5.29. The van der Waals surface area contributed by atoms with Crippen LogP contribution in [0, 0.1) is 0 Å². The Hall–Kier alpha value is -2.34. The van der Waals surface area contributed by atoms with Crippen LogP contribution >= 0.6 is 15.9 Å². The van der Waals surface area contributed by atoms with E-state index in [4.69, 9.17) is 4.74 Å². The van der Waals surface area contributed by atoms with Crippen LogP contribution < -0.4 is 10.1 Å². The zero-order chi connectivity index (χ0) is 16.1. The molecule has 0 unspecified atom stereocenters. The van der Waals surface area contributed by atoms with E-state index in [1.165, 1.54) is 14.2 Å². The predicted molar refractivity (Wildman–Crippen MR) is 86.4 cm³/mol. The molecular formula is C16H14BrNO4. The third kappa shape index (κ3) is 3.65. The molecule has 0 saturated carbocycles. The first-order valence-corrected chi connectivity index (χ1v) is 7.17. The smallest absolute Gasteiger partial charge is 0.337 e. The Kier molecular flexibility index (Phi) is 5.16. The Morgan fingerprint density at radius 1 is 1.09 bits per heavy atom. The molecule has 2 aromatic rings. The first-order chi connectivity index (χ1) is 10.5. The highest BCUT2D eigenvalue weighted by Crippen LogP contribution is 2.24. The summed E-state index contributed by atoms with van der Waals surface area (Å²) in [6, 6.07) is 11.7. The zero-order valence-corrected chi connectivity index (χ0v) is 13.6. The minimum Gasteiger partial charge on any atom is -0.496 e. The molecule has 22 heavy (non-hydrogen) atoms. The van der Waals surface area contributed by atoms with Crippen molar-refractivity contribution < 1.29 is 19.1 Å². The van der Waals surface area contributed by atoms with Gasteiger partial charge in [-0.3, -0.25) is 4.79 Å². The van der Waals surface area contributed by atoms with Crippen LogP contribution in [0.25, 0.3) is 0 Å². The number of nitrogens with one attached hydrogen (secondary N) is 1. The topological polar surface area (TPSA) is 64.6 Å². The van der Waals surface area contributed by atoms with E-state index in [1.54, 1.807) is 42.5 Å². The Balaban J connectivity index is 2.26. The largest absolute Gasteiger partial charge is 0.496 e. The normalized spacial score (nSPS) is 9.95. The number of ether oxygens (including phenoxy) is 2. The number of carbonyl (C=O) groups is 2. The number of anilines is 1. The Bertz CT molecular complexity index is 715. The molecule has 0 aliphatic carbocycles. The number of carbonyl (C=O) groups excluding carboxylic acids is 2. The molecule has 2 aromatic carbocycles. The lowest BCUT2D eigenvalue weighted by Gasteiger charge is -2.10. The van der Waals surface area contributed by atoms with Crippen LogP contribution in [-0.2, 0) is 4.74 Å². The molecule has 1 amide bonds. The number of hydrogen-bond acceptors (Lipinski definition) is 4. The van der Waals surface area contributed by atoms with Gasteiger partial charge in [-0.15, -0.1) is 0 Å². The zero-order valence-electron chi connectivity index (χ0n) is 12.1. The molecule has 114 valence electrons. The van der Waals surface area contributed by atoms with E-state index < -0.39 is 5.97 Å². The van der Waals surface area contributed by atoms with Gasteiger partial charge < -0.3 is 14.8 Å². The summed E-state index contributed by atoms with van der Waals surface area (Å²) in [7, 11) is 2.80. The number of methoxy groups -OCH3 is 2. The Morgan fingerprint density at radius 3 is 2.55 bits per heavy atom. The quantitative estimate of drug-likeness (QED) is 0.844. The standard InChI is InChI=1S/C16H14BrNO4/c1-21-14-7-6-11(17)9-13(14)15(19)18-12-5-3-4-10(8-12)16(20)22-2/h3-9H,1-2H3,(H,18,19). The summed E-state index contributed by atoms with van der Waals surface area (Å²) in [6.45, 7) is 0. The van der Waals surface area contributed by atoms with E-state index in [2.05, 4.69) is 26.0 Å². The lowest BCUT2D eigenvalue weighted by atomic mass is 10.1. The molecule has 0 atom stereocenters. The third-order valence-electron chi connectivity index (χ3n) is 2.95. The van der Waals surface area contributed by atoms with Gasteiger partial charge in [0, 0.05) is 10.2 Å². The van der Waals surface area contributed by atoms with Crippen LogP contribution in [0.2, 0.25) is 0 Å². The van der Waals surface area contributed by atoms with Gasteiger partial charge in [0.25, 0.3) is 5.91 Å². The molecule has 0 aliphatic rings. The average molecular weight is 364 g/mol. The summed E-state index contributed by atoms with van der Waals surface area (Å²) in [4.78, 5) is 23.9. The van der Waals surface area contributed by atoms with E-state index in [0.717, 1.165) is 4.47 Å². The molecule has 0 bridgehead atoms. The SMILES string of the molecule is COC(=O)c1cccc(NC(=O)c2cc(Br)ccc2OC)c1. The minimum absolute atomic E-state index is 0.333. The number of esters is 1. The van der Waals surface area contributed by atoms with Crippen LogP contribution in [0.3, 0.4) is 0 Å². The fourth-order valence-electron chi connectivity index (χ4n) is 1.90. The van der Waals surface area contributed by atoms with E-state index >= 15 is 0 Å². The minimum atomic E-state index is -0.462. The maximum absolute atomic E-state index is 12.4. The summed E-state index contributed by atoms with van der Waals surface area (Å²) >= 11 is 3.32. The monoisotopic (exact) mass is 363 g/mol. The van der Waals surface area contributed by atoms with Crippen molar-refractivity contribution in [1.82, 2.24) is 0 Å². The average Bonchev–Trinajstić information content (AvgIpc) is 2.54. The van der Waals surface area contributed by atoms with Gasteiger partial charge >= 0.3 is 5.97 Å². The molecule has 1 N–H and O–H groups in total. The van der Waals surface area contributed by atoms with Crippen molar-refractivity contribution in [3.63, 3.8) is 0 Å². The maximum atomic E-state index is 12.4. The second kappa shape index (κ2) is 7.09. The van der Waals surface area contributed by atoms with Gasteiger partial charge in [0.2, 0.25) is 0 Å². The lowest BCUT2D eigenvalue weighted by Crippen LogP contribution is -2.14. The molecular weight excluding hydrogens is 350 g/mol. The van der Waals surface area contributed by atoms with Crippen LogP contribution in [0.1, 0.15) is 20.7 Å². The van der Waals surface area contributed by atoms with E-state index in [9.17, 15) is 9.59 Å². The fourth-order valence-corrected chi connectivity index (χ4v) is 2.26. The van der Waals surface area contributed by atoms with Gasteiger partial charge in [-0.05, 0) is 36.4 Å². The van der Waals surface area contributed by atoms with Gasteiger partial charge in [-0.1, -0.05) is 22.0 Å². The molecule has 0 aromatic heterocycles. The summed E-state index contributed by atoms with van der Waals surface area (Å²) in [6.07, 6.45) is 0. The van der Waals surface area contributed by atoms with Crippen molar-refractivity contribution in [3.8, 4) is 5.75 Å². The molecule has 0 radical (unpaired) electrons. The first kappa shape index (κ1) is 16.0. The van der Waals surface area contributed by atoms with E-state index in [0.29, 0.717) is 22.6 Å². The van der Waals surface area contributed by atoms with Gasteiger partial charge in [-0.2, -0.15) is 0 Å². The van der Waals surface area contributed by atoms with Crippen molar-refractivity contribution in [1.29, 1.82) is 0 Å².